The number of rotatable bonds is 8. The molecule has 0 radical (unpaired) electrons. The van der Waals surface area contributed by atoms with Gasteiger partial charge in [-0.1, -0.05) is 56.4 Å². The minimum atomic E-state index is -1.75. The highest BCUT2D eigenvalue weighted by Gasteiger charge is 2.54. The Balaban J connectivity index is 1.50. The second-order valence-corrected chi connectivity index (χ2v) is 17.1. The summed E-state index contributed by atoms with van der Waals surface area (Å²) in [6.07, 6.45) is 2.11. The van der Waals surface area contributed by atoms with Crippen molar-refractivity contribution >= 4 is 32.0 Å². The molecule has 1 aliphatic carbocycles. The SMILES string of the molecule is CCOC(=O)OC[C@@H](NC(=O)N1Cc2c(NC(=O)C3([Si](C)(C)C)CCC3)n[nH]c2C1(C)C)c1ccccc1. The zero-order valence-electron chi connectivity index (χ0n) is 23.1. The summed E-state index contributed by atoms with van der Waals surface area (Å²) in [7, 11) is -1.75. The van der Waals surface area contributed by atoms with E-state index in [0.717, 1.165) is 36.1 Å². The molecule has 0 saturated heterocycles. The molecule has 0 spiro atoms. The number of carbonyl (C=O) groups is 3. The van der Waals surface area contributed by atoms with E-state index >= 15 is 0 Å². The van der Waals surface area contributed by atoms with Crippen molar-refractivity contribution in [3.63, 3.8) is 0 Å². The standard InChI is InChI=1S/C27H39N5O5Si/c1-7-36-25(35)37-17-20(18-12-9-8-10-13-18)28-24(34)32-16-19-21(26(32,2)3)30-31-22(19)29-23(33)27(14-11-15-27)38(4,5)6/h8-10,12-13,20H,7,11,14-17H2,1-6H3,(H,28,34)(H2,29,30,31,33)/t20-/m1/s1. The predicted molar refractivity (Wildman–Crippen MR) is 146 cm³/mol. The number of amides is 3. The second-order valence-electron chi connectivity index (χ2n) is 11.6. The number of nitrogens with zero attached hydrogens (tertiary/aromatic N) is 2. The van der Waals surface area contributed by atoms with Crippen molar-refractivity contribution in [3.05, 3.63) is 47.2 Å². The molecule has 1 aromatic carbocycles. The van der Waals surface area contributed by atoms with Gasteiger partial charge >= 0.3 is 12.2 Å². The van der Waals surface area contributed by atoms with E-state index in [1.54, 1.807) is 11.8 Å². The largest absolute Gasteiger partial charge is 0.508 e. The molecule has 0 bridgehead atoms. The fourth-order valence-electron chi connectivity index (χ4n) is 5.46. The highest BCUT2D eigenvalue weighted by atomic mass is 28.3. The molecular weight excluding hydrogens is 502 g/mol. The molecule has 11 heteroatoms. The monoisotopic (exact) mass is 541 g/mol. The van der Waals surface area contributed by atoms with Crippen LogP contribution in [0.5, 0.6) is 0 Å². The van der Waals surface area contributed by atoms with Gasteiger partial charge in [0, 0.05) is 10.6 Å². The van der Waals surface area contributed by atoms with Crippen LogP contribution >= 0.6 is 0 Å². The smallest absolute Gasteiger partial charge is 0.435 e. The number of ether oxygens (including phenoxy) is 2. The molecule has 1 atom stereocenters. The summed E-state index contributed by atoms with van der Waals surface area (Å²) in [6.45, 7) is 12.7. The van der Waals surface area contributed by atoms with E-state index in [4.69, 9.17) is 9.47 Å². The fourth-order valence-corrected chi connectivity index (χ4v) is 8.06. The summed E-state index contributed by atoms with van der Waals surface area (Å²) < 4.78 is 10.1. The molecule has 2 aliphatic rings. The minimum Gasteiger partial charge on any atom is -0.435 e. The Labute approximate surface area is 224 Å². The minimum absolute atomic E-state index is 0.0400. The number of aromatic amines is 1. The molecule has 206 valence electrons. The number of H-pyrrole nitrogens is 1. The van der Waals surface area contributed by atoms with E-state index in [0.29, 0.717) is 5.82 Å². The van der Waals surface area contributed by atoms with E-state index in [-0.39, 0.29) is 36.7 Å². The Morgan fingerprint density at radius 1 is 1.13 bits per heavy atom. The molecule has 0 unspecified atom stereocenters. The number of hydrogen-bond acceptors (Lipinski definition) is 6. The Morgan fingerprint density at radius 2 is 1.82 bits per heavy atom. The zero-order valence-corrected chi connectivity index (χ0v) is 24.1. The number of hydrogen-bond donors (Lipinski definition) is 3. The second kappa shape index (κ2) is 10.4. The van der Waals surface area contributed by atoms with Gasteiger partial charge in [0.15, 0.2) is 5.82 Å². The lowest BCUT2D eigenvalue weighted by molar-refractivity contribution is -0.121. The topological polar surface area (TPSA) is 126 Å². The van der Waals surface area contributed by atoms with Gasteiger partial charge < -0.3 is 25.0 Å². The van der Waals surface area contributed by atoms with Gasteiger partial charge in [0.2, 0.25) is 5.91 Å². The van der Waals surface area contributed by atoms with Crippen LogP contribution in [-0.2, 0) is 26.4 Å². The molecule has 2 heterocycles. The average Bonchev–Trinajstić information content (AvgIpc) is 3.33. The Morgan fingerprint density at radius 3 is 2.39 bits per heavy atom. The first-order valence-electron chi connectivity index (χ1n) is 13.2. The lowest BCUT2D eigenvalue weighted by Gasteiger charge is -2.48. The number of aromatic nitrogens is 2. The van der Waals surface area contributed by atoms with Crippen LogP contribution < -0.4 is 10.6 Å². The van der Waals surface area contributed by atoms with Gasteiger partial charge in [-0.2, -0.15) is 5.10 Å². The highest BCUT2D eigenvalue weighted by molar-refractivity contribution is 6.83. The molecule has 10 nitrogen and oxygen atoms in total. The molecule has 1 fully saturated rings. The normalized spacial score (nSPS) is 18.1. The Hall–Kier alpha value is -3.34. The maximum atomic E-state index is 13.6. The Kier molecular flexibility index (Phi) is 7.60. The van der Waals surface area contributed by atoms with Crippen LogP contribution in [0, 0.1) is 0 Å². The van der Waals surface area contributed by atoms with Gasteiger partial charge in [-0.15, -0.1) is 0 Å². The first-order valence-corrected chi connectivity index (χ1v) is 16.7. The number of fused-ring (bicyclic) bond motifs is 1. The van der Waals surface area contributed by atoms with Crippen LogP contribution in [0.3, 0.4) is 0 Å². The van der Waals surface area contributed by atoms with Crippen molar-refractivity contribution in [1.82, 2.24) is 20.4 Å². The third kappa shape index (κ3) is 5.03. The van der Waals surface area contributed by atoms with Gasteiger partial charge in [-0.05, 0) is 39.2 Å². The molecule has 4 rings (SSSR count). The maximum absolute atomic E-state index is 13.6. The molecule has 3 N–H and O–H groups in total. The van der Waals surface area contributed by atoms with Crippen LogP contribution in [0.25, 0.3) is 0 Å². The fraction of sp³-hybridized carbons (Fsp3) is 0.556. The molecular formula is C27H39N5O5Si. The number of urea groups is 1. The van der Waals surface area contributed by atoms with E-state index in [2.05, 4.69) is 40.5 Å². The summed E-state index contributed by atoms with van der Waals surface area (Å²) in [5, 5.41) is 13.3. The molecule has 3 amide bonds. The molecule has 1 saturated carbocycles. The van der Waals surface area contributed by atoms with Crippen molar-refractivity contribution < 1.29 is 23.9 Å². The van der Waals surface area contributed by atoms with Crippen molar-refractivity contribution in [3.8, 4) is 0 Å². The number of anilines is 1. The van der Waals surface area contributed by atoms with Gasteiger partial charge in [0.25, 0.3) is 0 Å². The van der Waals surface area contributed by atoms with Gasteiger partial charge in [0.1, 0.15) is 6.61 Å². The van der Waals surface area contributed by atoms with E-state index < -0.39 is 25.8 Å². The lowest BCUT2D eigenvalue weighted by Crippen LogP contribution is -2.52. The van der Waals surface area contributed by atoms with Crippen LogP contribution in [0.15, 0.2) is 30.3 Å². The zero-order chi connectivity index (χ0) is 27.7. The van der Waals surface area contributed by atoms with Crippen LogP contribution in [0.4, 0.5) is 15.4 Å². The van der Waals surface area contributed by atoms with Gasteiger partial charge in [-0.3, -0.25) is 9.89 Å². The Bertz CT molecular complexity index is 1190. The third-order valence-electron chi connectivity index (χ3n) is 8.15. The van der Waals surface area contributed by atoms with Gasteiger partial charge in [-0.25, -0.2) is 9.59 Å². The van der Waals surface area contributed by atoms with Crippen LogP contribution in [-0.4, -0.2) is 54.5 Å². The molecule has 38 heavy (non-hydrogen) atoms. The van der Waals surface area contributed by atoms with Crippen molar-refractivity contribution in [2.24, 2.45) is 0 Å². The molecule has 2 aromatic rings. The summed E-state index contributed by atoms with van der Waals surface area (Å²) in [4.78, 5) is 40.5. The summed E-state index contributed by atoms with van der Waals surface area (Å²) in [6, 6.07) is 8.43. The number of benzene rings is 1. The van der Waals surface area contributed by atoms with Crippen molar-refractivity contribution in [2.75, 3.05) is 18.5 Å². The first-order chi connectivity index (χ1) is 17.9. The van der Waals surface area contributed by atoms with Crippen molar-refractivity contribution in [1.29, 1.82) is 0 Å². The van der Waals surface area contributed by atoms with E-state index in [1.165, 1.54) is 0 Å². The quantitative estimate of drug-likeness (QED) is 0.308. The van der Waals surface area contributed by atoms with E-state index in [1.807, 2.05) is 44.2 Å². The molecule has 1 aliphatic heterocycles. The number of carbonyl (C=O) groups excluding carboxylic acids is 3. The summed E-state index contributed by atoms with van der Waals surface area (Å²) in [5.74, 6) is 0.529. The average molecular weight is 542 g/mol. The van der Waals surface area contributed by atoms with E-state index in [9.17, 15) is 14.4 Å². The summed E-state index contributed by atoms with van der Waals surface area (Å²) in [5.41, 5.74) is 1.69. The number of nitrogens with one attached hydrogen (secondary N) is 3. The highest BCUT2D eigenvalue weighted by Crippen LogP contribution is 2.56. The van der Waals surface area contributed by atoms with Crippen molar-refractivity contribution in [2.45, 2.75) is 82.8 Å². The lowest BCUT2D eigenvalue weighted by atomic mass is 9.83. The predicted octanol–water partition coefficient (Wildman–Crippen LogP) is 5.29. The first kappa shape index (κ1) is 27.7. The van der Waals surface area contributed by atoms with Crippen LogP contribution in [0.1, 0.15) is 62.9 Å². The van der Waals surface area contributed by atoms with Gasteiger partial charge in [0.05, 0.1) is 38.5 Å². The summed E-state index contributed by atoms with van der Waals surface area (Å²) >= 11 is 0. The third-order valence-corrected chi connectivity index (χ3v) is 11.8. The molecule has 1 aromatic heterocycles. The van der Waals surface area contributed by atoms with Crippen LogP contribution in [0.2, 0.25) is 24.7 Å². The maximum Gasteiger partial charge on any atom is 0.508 e.